The third-order valence-corrected chi connectivity index (χ3v) is 3.83. The summed E-state index contributed by atoms with van der Waals surface area (Å²) in [7, 11) is -3.01. The van der Waals surface area contributed by atoms with Crippen molar-refractivity contribution >= 4 is 21.8 Å². The van der Waals surface area contributed by atoms with Crippen molar-refractivity contribution < 1.29 is 23.1 Å². The Bertz CT molecular complexity index is 434. The number of hydrogen-bond donors (Lipinski definition) is 3. The largest absolute Gasteiger partial charge is 0.481 e. The molecule has 0 rings (SSSR count). The number of urea groups is 1. The molecule has 0 aromatic heterocycles. The molecule has 0 aromatic carbocycles. The smallest absolute Gasteiger partial charge is 0.314 e. The number of aliphatic carboxylic acids is 1. The molecule has 2 amide bonds. The van der Waals surface area contributed by atoms with Gasteiger partial charge >= 0.3 is 12.0 Å². The van der Waals surface area contributed by atoms with Gasteiger partial charge in [0.05, 0.1) is 5.75 Å². The Morgan fingerprint density at radius 1 is 1.19 bits per heavy atom. The third-order valence-electron chi connectivity index (χ3n) is 2.80. The topological polar surface area (TPSA) is 113 Å². The van der Waals surface area contributed by atoms with Gasteiger partial charge in [-0.25, -0.2) is 13.2 Å². The summed E-state index contributed by atoms with van der Waals surface area (Å²) in [4.78, 5) is 22.3. The van der Waals surface area contributed by atoms with Gasteiger partial charge in [0.2, 0.25) is 0 Å². The maximum absolute atomic E-state index is 11.5. The van der Waals surface area contributed by atoms with Crippen molar-refractivity contribution in [2.24, 2.45) is 11.8 Å². The molecule has 0 spiro atoms. The molecular weight excluding hydrogens is 296 g/mol. The fraction of sp³-hybridized carbons (Fsp3) is 0.846. The van der Waals surface area contributed by atoms with Crippen LogP contribution >= 0.6 is 0 Å². The number of amides is 2. The van der Waals surface area contributed by atoms with E-state index in [-0.39, 0.29) is 24.6 Å². The highest BCUT2D eigenvalue weighted by atomic mass is 32.2. The lowest BCUT2D eigenvalue weighted by molar-refractivity contribution is -0.138. The average Bonchev–Trinajstić information content (AvgIpc) is 2.29. The highest BCUT2D eigenvalue weighted by molar-refractivity contribution is 7.90. The summed E-state index contributed by atoms with van der Waals surface area (Å²) in [5, 5.41) is 14.0. The first kappa shape index (κ1) is 19.7. The third kappa shape index (κ3) is 13.4. The lowest BCUT2D eigenvalue weighted by Crippen LogP contribution is -2.39. The number of sulfone groups is 1. The second-order valence-corrected chi connectivity index (χ2v) is 7.97. The quantitative estimate of drug-likeness (QED) is 0.516. The molecule has 3 N–H and O–H groups in total. The van der Waals surface area contributed by atoms with E-state index in [9.17, 15) is 18.0 Å². The highest BCUT2D eigenvalue weighted by Gasteiger charge is 2.16. The van der Waals surface area contributed by atoms with Crippen LogP contribution in [0.3, 0.4) is 0 Å². The average molecular weight is 322 g/mol. The minimum atomic E-state index is -3.01. The molecule has 0 aliphatic rings. The van der Waals surface area contributed by atoms with Crippen LogP contribution in [0.15, 0.2) is 0 Å². The fourth-order valence-electron chi connectivity index (χ4n) is 1.99. The van der Waals surface area contributed by atoms with Crippen LogP contribution in [0.2, 0.25) is 0 Å². The number of hydrogen-bond acceptors (Lipinski definition) is 4. The van der Waals surface area contributed by atoms with E-state index in [4.69, 9.17) is 5.11 Å². The summed E-state index contributed by atoms with van der Waals surface area (Å²) in [6, 6.07) is -0.400. The molecule has 1 atom stereocenters. The summed E-state index contributed by atoms with van der Waals surface area (Å²) in [6.45, 7) is 4.56. The minimum absolute atomic E-state index is 0.0204. The molecule has 8 heteroatoms. The van der Waals surface area contributed by atoms with Crippen molar-refractivity contribution in [1.82, 2.24) is 10.6 Å². The molecule has 0 bridgehead atoms. The summed E-state index contributed by atoms with van der Waals surface area (Å²) < 4.78 is 21.8. The first-order valence-electron chi connectivity index (χ1n) is 7.01. The van der Waals surface area contributed by atoms with Gasteiger partial charge in [-0.3, -0.25) is 4.79 Å². The van der Waals surface area contributed by atoms with Crippen LogP contribution in [-0.4, -0.2) is 50.6 Å². The summed E-state index contributed by atoms with van der Waals surface area (Å²) in [6.07, 6.45) is 2.25. The molecule has 1 unspecified atom stereocenters. The Kier molecular flexibility index (Phi) is 9.00. The lowest BCUT2D eigenvalue weighted by atomic mass is 9.94. The molecule has 0 saturated heterocycles. The number of carboxylic acid groups (broad SMARTS) is 1. The SMILES string of the molecule is CC(C)CC(CNC(=O)NCCCS(C)(=O)=O)CC(=O)O. The maximum atomic E-state index is 11.5. The molecule has 0 radical (unpaired) electrons. The second kappa shape index (κ2) is 9.59. The molecule has 0 aliphatic heterocycles. The minimum Gasteiger partial charge on any atom is -0.481 e. The first-order chi connectivity index (χ1) is 9.60. The Morgan fingerprint density at radius 2 is 1.81 bits per heavy atom. The van der Waals surface area contributed by atoms with Crippen molar-refractivity contribution in [3.05, 3.63) is 0 Å². The van der Waals surface area contributed by atoms with E-state index in [1.807, 2.05) is 13.8 Å². The molecule has 0 aromatic rings. The van der Waals surface area contributed by atoms with Crippen molar-refractivity contribution in [2.75, 3.05) is 25.1 Å². The second-order valence-electron chi connectivity index (χ2n) is 5.71. The zero-order valence-corrected chi connectivity index (χ0v) is 13.7. The Balaban J connectivity index is 3.98. The Hall–Kier alpha value is -1.31. The van der Waals surface area contributed by atoms with Crippen LogP contribution in [0.1, 0.15) is 33.1 Å². The van der Waals surface area contributed by atoms with Crippen LogP contribution in [0, 0.1) is 11.8 Å². The molecule has 0 aliphatic carbocycles. The van der Waals surface area contributed by atoms with Crippen molar-refractivity contribution in [2.45, 2.75) is 33.1 Å². The number of carboxylic acids is 1. The number of rotatable bonds is 10. The van der Waals surface area contributed by atoms with Gasteiger partial charge in [0.25, 0.3) is 0 Å². The monoisotopic (exact) mass is 322 g/mol. The van der Waals surface area contributed by atoms with Gasteiger partial charge in [-0.05, 0) is 24.7 Å². The van der Waals surface area contributed by atoms with E-state index in [1.54, 1.807) is 0 Å². The van der Waals surface area contributed by atoms with Crippen molar-refractivity contribution in [1.29, 1.82) is 0 Å². The van der Waals surface area contributed by atoms with Crippen LogP contribution < -0.4 is 10.6 Å². The van der Waals surface area contributed by atoms with E-state index in [0.717, 1.165) is 12.7 Å². The first-order valence-corrected chi connectivity index (χ1v) is 9.07. The zero-order chi connectivity index (χ0) is 16.5. The molecule has 0 fully saturated rings. The fourth-order valence-corrected chi connectivity index (χ4v) is 2.66. The lowest BCUT2D eigenvalue weighted by Gasteiger charge is -2.18. The molecule has 124 valence electrons. The van der Waals surface area contributed by atoms with Crippen molar-refractivity contribution in [3.63, 3.8) is 0 Å². The van der Waals surface area contributed by atoms with Crippen LogP contribution in [0.4, 0.5) is 4.79 Å². The van der Waals surface area contributed by atoms with E-state index in [1.165, 1.54) is 0 Å². The van der Waals surface area contributed by atoms with Gasteiger partial charge in [-0.15, -0.1) is 0 Å². The van der Waals surface area contributed by atoms with E-state index in [0.29, 0.717) is 18.9 Å². The predicted molar refractivity (Wildman–Crippen MR) is 80.9 cm³/mol. The molecule has 21 heavy (non-hydrogen) atoms. The van der Waals surface area contributed by atoms with Crippen LogP contribution in [-0.2, 0) is 14.6 Å². The number of carbonyl (C=O) groups is 2. The van der Waals surface area contributed by atoms with E-state index in [2.05, 4.69) is 10.6 Å². The van der Waals surface area contributed by atoms with Crippen LogP contribution in [0.5, 0.6) is 0 Å². The number of nitrogens with one attached hydrogen (secondary N) is 2. The molecule has 0 heterocycles. The number of carbonyl (C=O) groups excluding carboxylic acids is 1. The van der Waals surface area contributed by atoms with E-state index < -0.39 is 21.8 Å². The molecule has 7 nitrogen and oxygen atoms in total. The zero-order valence-electron chi connectivity index (χ0n) is 12.9. The Labute approximate surface area is 126 Å². The van der Waals surface area contributed by atoms with E-state index >= 15 is 0 Å². The highest BCUT2D eigenvalue weighted by Crippen LogP contribution is 2.14. The van der Waals surface area contributed by atoms with Gasteiger partial charge in [0.1, 0.15) is 9.84 Å². The maximum Gasteiger partial charge on any atom is 0.314 e. The normalized spacial score (nSPS) is 13.0. The molecular formula is C13H26N2O5S. The van der Waals surface area contributed by atoms with Gasteiger partial charge < -0.3 is 15.7 Å². The van der Waals surface area contributed by atoms with Gasteiger partial charge in [-0.1, -0.05) is 13.8 Å². The summed E-state index contributed by atoms with van der Waals surface area (Å²) >= 11 is 0. The predicted octanol–water partition coefficient (Wildman–Crippen LogP) is 0.857. The van der Waals surface area contributed by atoms with Crippen LogP contribution in [0.25, 0.3) is 0 Å². The molecule has 0 saturated carbocycles. The van der Waals surface area contributed by atoms with Gasteiger partial charge in [-0.2, -0.15) is 0 Å². The standard InChI is InChI=1S/C13H26N2O5S/c1-10(2)7-11(8-12(16)17)9-15-13(18)14-5-4-6-21(3,19)20/h10-11H,4-9H2,1-3H3,(H,16,17)(H2,14,15,18). The summed E-state index contributed by atoms with van der Waals surface area (Å²) in [5.74, 6) is -0.600. The van der Waals surface area contributed by atoms with Gasteiger partial charge in [0, 0.05) is 25.8 Å². The van der Waals surface area contributed by atoms with Crippen molar-refractivity contribution in [3.8, 4) is 0 Å². The van der Waals surface area contributed by atoms with Gasteiger partial charge in [0.15, 0.2) is 0 Å². The Morgan fingerprint density at radius 3 is 2.29 bits per heavy atom. The summed E-state index contributed by atoms with van der Waals surface area (Å²) in [5.41, 5.74) is 0.